The number of rotatable bonds is 5. The van der Waals surface area contributed by atoms with E-state index in [1.807, 2.05) is 0 Å². The maximum Gasteiger partial charge on any atom is 0.332 e. The summed E-state index contributed by atoms with van der Waals surface area (Å²) in [6.45, 7) is -0.634. The number of aliphatic hydroxyl groups excluding tert-OH is 2. The largest absolute Gasteiger partial charge is 0.478 e. The zero-order valence-corrected chi connectivity index (χ0v) is 13.4. The van der Waals surface area contributed by atoms with Gasteiger partial charge in [-0.25, -0.2) is 14.2 Å². The highest BCUT2D eigenvalue weighted by molar-refractivity contribution is 5.79. The lowest BCUT2D eigenvalue weighted by molar-refractivity contribution is -0.131. The van der Waals surface area contributed by atoms with E-state index in [1.54, 1.807) is 0 Å². The van der Waals surface area contributed by atoms with Gasteiger partial charge in [0.2, 0.25) is 5.95 Å². The van der Waals surface area contributed by atoms with Crippen LogP contribution in [-0.2, 0) is 16.1 Å². The van der Waals surface area contributed by atoms with E-state index in [2.05, 4.69) is 9.97 Å². The predicted octanol–water partition coefficient (Wildman–Crippen LogP) is -2.25. The summed E-state index contributed by atoms with van der Waals surface area (Å²) in [4.78, 5) is 41.9. The number of anilines is 1. The van der Waals surface area contributed by atoms with Crippen molar-refractivity contribution in [2.24, 2.45) is 0 Å². The smallest absolute Gasteiger partial charge is 0.332 e. The van der Waals surface area contributed by atoms with Gasteiger partial charge >= 0.3 is 11.7 Å². The Morgan fingerprint density at radius 3 is 2.81 bits per heavy atom. The first-order chi connectivity index (χ1) is 12.3. The lowest BCUT2D eigenvalue weighted by atomic mass is 10.2. The van der Waals surface area contributed by atoms with Gasteiger partial charge in [0.15, 0.2) is 11.2 Å². The van der Waals surface area contributed by atoms with E-state index < -0.39 is 42.3 Å². The van der Waals surface area contributed by atoms with E-state index in [0.717, 1.165) is 15.2 Å². The normalized spacial score (nSPS) is 23.2. The summed E-state index contributed by atoms with van der Waals surface area (Å²) < 4.78 is 7.57. The molecule has 0 amide bonds. The Labute approximate surface area is 144 Å². The number of hydrogen-bond acceptors (Lipinski definition) is 8. The standard InChI is InChI=1S/C14H17N5O7/c15-13-16-11-10(12(24)17-13)18(3-1-2-9(22)23)14(25)19(11)8-4-6(21)7(5-20)26-8/h1-2,6-8,20-21H,3-5H2,(H,22,23)(H3,15,16,17,24)/b2-1+. The van der Waals surface area contributed by atoms with E-state index in [9.17, 15) is 24.6 Å². The van der Waals surface area contributed by atoms with Crippen LogP contribution in [0.1, 0.15) is 12.6 Å². The molecule has 6 N–H and O–H groups in total. The van der Waals surface area contributed by atoms with Crippen LogP contribution in [0.2, 0.25) is 0 Å². The molecule has 26 heavy (non-hydrogen) atoms. The zero-order valence-electron chi connectivity index (χ0n) is 13.4. The number of aliphatic hydroxyl groups is 2. The number of carboxylic acid groups (broad SMARTS) is 1. The van der Waals surface area contributed by atoms with Crippen molar-refractivity contribution in [3.8, 4) is 0 Å². The molecular weight excluding hydrogens is 350 g/mol. The number of fused-ring (bicyclic) bond motifs is 1. The fraction of sp³-hybridized carbons (Fsp3) is 0.429. The van der Waals surface area contributed by atoms with Crippen LogP contribution in [-0.4, -0.2) is 59.2 Å². The summed E-state index contributed by atoms with van der Waals surface area (Å²) in [6.07, 6.45) is -0.798. The molecule has 2 aromatic rings. The van der Waals surface area contributed by atoms with Gasteiger partial charge in [0.25, 0.3) is 5.56 Å². The Balaban J connectivity index is 2.17. The molecule has 3 unspecified atom stereocenters. The highest BCUT2D eigenvalue weighted by Crippen LogP contribution is 2.29. The van der Waals surface area contributed by atoms with E-state index in [0.29, 0.717) is 0 Å². The molecule has 1 saturated heterocycles. The molecule has 1 aliphatic heterocycles. The second kappa shape index (κ2) is 6.74. The summed E-state index contributed by atoms with van der Waals surface area (Å²) in [5.74, 6) is -1.42. The number of H-pyrrole nitrogens is 1. The van der Waals surface area contributed by atoms with Crippen LogP contribution < -0.4 is 17.0 Å². The number of nitrogens with two attached hydrogens (primary N) is 1. The quantitative estimate of drug-likeness (QED) is 0.364. The Bertz CT molecular complexity index is 988. The lowest BCUT2D eigenvalue weighted by Crippen LogP contribution is -2.28. The highest BCUT2D eigenvalue weighted by atomic mass is 16.5. The van der Waals surface area contributed by atoms with E-state index in [-0.39, 0.29) is 30.1 Å². The molecule has 0 aromatic carbocycles. The average molecular weight is 367 g/mol. The summed E-state index contributed by atoms with van der Waals surface area (Å²) in [5.41, 5.74) is 4.03. The van der Waals surface area contributed by atoms with Gasteiger partial charge in [0.1, 0.15) is 12.3 Å². The molecule has 3 heterocycles. The maximum absolute atomic E-state index is 12.8. The van der Waals surface area contributed by atoms with Crippen LogP contribution in [0.4, 0.5) is 5.95 Å². The monoisotopic (exact) mass is 367 g/mol. The van der Waals surface area contributed by atoms with Crippen molar-refractivity contribution in [3.05, 3.63) is 33.0 Å². The Morgan fingerprint density at radius 1 is 1.46 bits per heavy atom. The summed E-state index contributed by atoms with van der Waals surface area (Å²) in [6, 6.07) is 0. The van der Waals surface area contributed by atoms with E-state index in [4.69, 9.17) is 15.6 Å². The Morgan fingerprint density at radius 2 is 2.19 bits per heavy atom. The number of aromatic nitrogens is 4. The van der Waals surface area contributed by atoms with Crippen molar-refractivity contribution in [1.82, 2.24) is 19.1 Å². The number of carboxylic acids is 1. The van der Waals surface area contributed by atoms with Crippen molar-refractivity contribution >= 4 is 23.1 Å². The Hall–Kier alpha value is -2.96. The third kappa shape index (κ3) is 3.00. The first-order valence-electron chi connectivity index (χ1n) is 7.67. The van der Waals surface area contributed by atoms with Crippen LogP contribution in [0.3, 0.4) is 0 Å². The number of ether oxygens (including phenoxy) is 1. The molecule has 2 aromatic heterocycles. The van der Waals surface area contributed by atoms with Crippen molar-refractivity contribution in [1.29, 1.82) is 0 Å². The zero-order chi connectivity index (χ0) is 19.0. The highest BCUT2D eigenvalue weighted by Gasteiger charge is 2.37. The van der Waals surface area contributed by atoms with Gasteiger partial charge in [0, 0.05) is 19.0 Å². The van der Waals surface area contributed by atoms with Crippen molar-refractivity contribution in [3.63, 3.8) is 0 Å². The lowest BCUT2D eigenvalue weighted by Gasteiger charge is -2.12. The molecule has 1 aliphatic rings. The van der Waals surface area contributed by atoms with Gasteiger partial charge in [-0.15, -0.1) is 0 Å². The van der Waals surface area contributed by atoms with Crippen LogP contribution in [0.5, 0.6) is 0 Å². The predicted molar refractivity (Wildman–Crippen MR) is 87.4 cm³/mol. The maximum atomic E-state index is 12.8. The van der Waals surface area contributed by atoms with Crippen LogP contribution in [0.25, 0.3) is 11.2 Å². The summed E-state index contributed by atoms with van der Waals surface area (Å²) >= 11 is 0. The van der Waals surface area contributed by atoms with Crippen molar-refractivity contribution < 1.29 is 24.9 Å². The second-order valence-corrected chi connectivity index (χ2v) is 5.74. The Kier molecular flexibility index (Phi) is 4.63. The molecule has 12 heteroatoms. The first kappa shape index (κ1) is 17.8. The van der Waals surface area contributed by atoms with Gasteiger partial charge in [-0.3, -0.25) is 14.3 Å². The SMILES string of the molecule is Nc1nc2c(c(=O)[nH]1)n(C/C=C/C(=O)O)c(=O)n2C1CC(O)C(CO)O1. The number of aliphatic carboxylic acids is 1. The topological polar surface area (TPSA) is 186 Å². The summed E-state index contributed by atoms with van der Waals surface area (Å²) in [7, 11) is 0. The molecule has 0 saturated carbocycles. The van der Waals surface area contributed by atoms with E-state index in [1.165, 1.54) is 6.08 Å². The van der Waals surface area contributed by atoms with Gasteiger partial charge in [-0.2, -0.15) is 4.98 Å². The van der Waals surface area contributed by atoms with Gasteiger partial charge < -0.3 is 25.8 Å². The number of nitrogens with zero attached hydrogens (tertiary/aromatic N) is 3. The molecule has 1 fully saturated rings. The minimum atomic E-state index is -1.20. The van der Waals surface area contributed by atoms with Crippen LogP contribution in [0, 0.1) is 0 Å². The molecular formula is C14H17N5O7. The third-order valence-corrected chi connectivity index (χ3v) is 4.05. The second-order valence-electron chi connectivity index (χ2n) is 5.74. The van der Waals surface area contributed by atoms with Gasteiger partial charge in [-0.05, 0) is 0 Å². The number of carbonyl (C=O) groups is 1. The molecule has 3 atom stereocenters. The van der Waals surface area contributed by atoms with Gasteiger partial charge in [-0.1, -0.05) is 6.08 Å². The molecule has 3 rings (SSSR count). The van der Waals surface area contributed by atoms with Crippen LogP contribution in [0.15, 0.2) is 21.7 Å². The number of allylic oxidation sites excluding steroid dienone is 1. The molecule has 0 radical (unpaired) electrons. The summed E-state index contributed by atoms with van der Waals surface area (Å²) in [5, 5.41) is 27.8. The first-order valence-corrected chi connectivity index (χ1v) is 7.67. The molecule has 0 aliphatic carbocycles. The fourth-order valence-corrected chi connectivity index (χ4v) is 2.92. The van der Waals surface area contributed by atoms with E-state index >= 15 is 0 Å². The number of nitrogen functional groups attached to an aromatic ring is 1. The molecule has 140 valence electrons. The van der Waals surface area contributed by atoms with Gasteiger partial charge in [0.05, 0.1) is 12.7 Å². The number of hydrogen-bond donors (Lipinski definition) is 5. The number of imidazole rings is 1. The molecule has 12 nitrogen and oxygen atoms in total. The fourth-order valence-electron chi connectivity index (χ4n) is 2.92. The average Bonchev–Trinajstić information content (AvgIpc) is 3.04. The molecule has 0 spiro atoms. The number of aromatic amines is 1. The van der Waals surface area contributed by atoms with Crippen molar-refractivity contribution in [2.45, 2.75) is 31.4 Å². The molecule has 0 bridgehead atoms. The third-order valence-electron chi connectivity index (χ3n) is 4.05. The van der Waals surface area contributed by atoms with Crippen LogP contribution >= 0.6 is 0 Å². The minimum Gasteiger partial charge on any atom is -0.478 e. The van der Waals surface area contributed by atoms with Crippen molar-refractivity contribution in [2.75, 3.05) is 12.3 Å². The minimum absolute atomic E-state index is 0.00357. The number of nitrogens with one attached hydrogen (secondary N) is 1.